The summed E-state index contributed by atoms with van der Waals surface area (Å²) in [7, 11) is -3.85. The summed E-state index contributed by atoms with van der Waals surface area (Å²) in [6, 6.07) is 2.12. The lowest BCUT2D eigenvalue weighted by Gasteiger charge is -2.22. The second kappa shape index (κ2) is 5.51. The lowest BCUT2D eigenvalue weighted by Crippen LogP contribution is -2.21. The van der Waals surface area contributed by atoms with Crippen molar-refractivity contribution in [2.24, 2.45) is 5.14 Å². The first kappa shape index (κ1) is 14.7. The maximum atomic E-state index is 11.7. The quantitative estimate of drug-likeness (QED) is 0.928. The Morgan fingerprint density at radius 3 is 3.00 bits per heavy atom. The predicted octanol–water partition coefficient (Wildman–Crippen LogP) is 1.87. The first-order valence-corrected chi connectivity index (χ1v) is 9.47. The zero-order chi connectivity index (χ0) is 15.0. The molecule has 8 heteroatoms. The van der Waals surface area contributed by atoms with Crippen LogP contribution in [0, 0.1) is 0 Å². The van der Waals surface area contributed by atoms with Gasteiger partial charge in [0.25, 0.3) is 15.2 Å². The van der Waals surface area contributed by atoms with Gasteiger partial charge in [0.05, 0.1) is 0 Å². The molecule has 6 nitrogen and oxygen atoms in total. The first-order chi connectivity index (χ1) is 10.0. The Morgan fingerprint density at radius 2 is 2.29 bits per heavy atom. The molecule has 114 valence electrons. The fraction of sp³-hybridized carbons (Fsp3) is 0.538. The van der Waals surface area contributed by atoms with Crippen LogP contribution in [0.25, 0.3) is 0 Å². The number of aryl methyl sites for hydroxylation is 1. The molecular formula is C13H18N4O2S2. The van der Waals surface area contributed by atoms with Crippen molar-refractivity contribution in [3.8, 4) is 0 Å². The summed E-state index contributed by atoms with van der Waals surface area (Å²) in [5.74, 6) is 0.842. The molecule has 2 N–H and O–H groups in total. The molecule has 0 aromatic carbocycles. The Hall–Kier alpha value is -1.25. The average Bonchev–Trinajstić information content (AvgIpc) is 3.03. The molecule has 0 radical (unpaired) electrons. The van der Waals surface area contributed by atoms with Crippen LogP contribution in [0.3, 0.4) is 0 Å². The van der Waals surface area contributed by atoms with Crippen LogP contribution in [0.1, 0.15) is 48.4 Å². The monoisotopic (exact) mass is 326 g/mol. The van der Waals surface area contributed by atoms with Gasteiger partial charge in [-0.3, -0.25) is 0 Å². The van der Waals surface area contributed by atoms with E-state index in [1.54, 1.807) is 15.9 Å². The Kier molecular flexibility index (Phi) is 3.85. The lowest BCUT2D eigenvalue weighted by molar-refractivity contribution is 0.517. The van der Waals surface area contributed by atoms with E-state index in [0.29, 0.717) is 6.54 Å². The molecule has 21 heavy (non-hydrogen) atoms. The fourth-order valence-corrected chi connectivity index (χ4v) is 4.59. The predicted molar refractivity (Wildman–Crippen MR) is 80.8 cm³/mol. The Bertz CT molecular complexity index is 748. The van der Waals surface area contributed by atoms with Crippen LogP contribution in [0.2, 0.25) is 0 Å². The van der Waals surface area contributed by atoms with Gasteiger partial charge in [0, 0.05) is 17.3 Å². The maximum Gasteiger partial charge on any atom is 0.273 e. The van der Waals surface area contributed by atoms with E-state index >= 15 is 0 Å². The summed E-state index contributed by atoms with van der Waals surface area (Å²) in [6.07, 6.45) is 3.95. The topological polar surface area (TPSA) is 90.9 Å². The lowest BCUT2D eigenvalue weighted by atomic mass is 9.87. The number of sulfonamides is 1. The van der Waals surface area contributed by atoms with Gasteiger partial charge >= 0.3 is 0 Å². The maximum absolute atomic E-state index is 11.7. The Balaban J connectivity index is 2.10. The molecule has 0 fully saturated rings. The van der Waals surface area contributed by atoms with Crippen molar-refractivity contribution in [2.45, 2.75) is 50.2 Å². The molecule has 0 spiro atoms. The van der Waals surface area contributed by atoms with Gasteiger partial charge in [-0.2, -0.15) is 0 Å². The van der Waals surface area contributed by atoms with E-state index in [1.165, 1.54) is 10.4 Å². The van der Waals surface area contributed by atoms with Gasteiger partial charge in [-0.1, -0.05) is 6.92 Å². The summed E-state index contributed by atoms with van der Waals surface area (Å²) in [5.41, 5.74) is 1.26. The third-order valence-corrected chi connectivity index (χ3v) is 5.62. The summed E-state index contributed by atoms with van der Waals surface area (Å²) in [5, 5.41) is 15.2. The molecule has 2 aromatic heterocycles. The molecule has 2 aromatic rings. The normalized spacial score (nSPS) is 18.7. The van der Waals surface area contributed by atoms with Gasteiger partial charge in [0.2, 0.25) is 0 Å². The van der Waals surface area contributed by atoms with E-state index in [0.717, 1.165) is 31.5 Å². The summed E-state index contributed by atoms with van der Waals surface area (Å²) in [6.45, 7) is 2.55. The number of nitrogens with zero attached hydrogens (tertiary/aromatic N) is 3. The number of hydrogen-bond acceptors (Lipinski definition) is 5. The molecule has 0 aliphatic heterocycles. The number of primary sulfonamides is 1. The van der Waals surface area contributed by atoms with E-state index in [1.807, 2.05) is 6.92 Å². The minimum Gasteiger partial charge on any atom is -0.300 e. The van der Waals surface area contributed by atoms with Crippen LogP contribution in [0.4, 0.5) is 0 Å². The van der Waals surface area contributed by atoms with Gasteiger partial charge < -0.3 is 4.57 Å². The minimum atomic E-state index is -3.85. The van der Waals surface area contributed by atoms with Gasteiger partial charge in [-0.05, 0) is 42.7 Å². The highest BCUT2D eigenvalue weighted by Gasteiger charge is 2.30. The molecule has 0 amide bonds. The number of nitrogens with two attached hydrogens (primary N) is 1. The largest absolute Gasteiger partial charge is 0.300 e. The van der Waals surface area contributed by atoms with Crippen molar-refractivity contribution in [1.82, 2.24) is 14.8 Å². The van der Waals surface area contributed by atoms with Crippen LogP contribution < -0.4 is 5.14 Å². The highest BCUT2D eigenvalue weighted by molar-refractivity contribution is 7.89. The fourth-order valence-electron chi connectivity index (χ4n) is 2.96. The molecule has 0 saturated carbocycles. The number of fused-ring (bicyclic) bond motifs is 1. The number of aromatic nitrogens is 3. The van der Waals surface area contributed by atoms with Gasteiger partial charge in [-0.25, -0.2) is 13.6 Å². The molecular weight excluding hydrogens is 308 g/mol. The number of rotatable bonds is 4. The van der Waals surface area contributed by atoms with Crippen LogP contribution in [-0.2, 0) is 23.0 Å². The third-order valence-electron chi connectivity index (χ3n) is 3.81. The number of hydrogen-bond donors (Lipinski definition) is 1. The van der Waals surface area contributed by atoms with E-state index in [4.69, 9.17) is 5.14 Å². The smallest absolute Gasteiger partial charge is 0.273 e. The Labute approximate surface area is 128 Å². The molecule has 1 aliphatic rings. The summed E-state index contributed by atoms with van der Waals surface area (Å²) < 4.78 is 25.0. The molecule has 0 bridgehead atoms. The van der Waals surface area contributed by atoms with Crippen molar-refractivity contribution >= 4 is 21.4 Å². The molecule has 1 aliphatic carbocycles. The van der Waals surface area contributed by atoms with Crippen molar-refractivity contribution in [3.05, 3.63) is 27.7 Å². The Morgan fingerprint density at radius 1 is 1.48 bits per heavy atom. The molecule has 3 rings (SSSR count). The highest BCUT2D eigenvalue weighted by atomic mass is 32.2. The van der Waals surface area contributed by atoms with Gasteiger partial charge in [0.15, 0.2) is 0 Å². The standard InChI is InChI=1S/C13H18N4O2S2/c1-2-7-17-12(15-16-13(17)21(14,18)19)10-4-3-5-11-9(10)6-8-20-11/h6,8,10H,2-5,7H2,1H3,(H2,14,18,19). The van der Waals surface area contributed by atoms with Crippen LogP contribution in [0.15, 0.2) is 16.6 Å². The van der Waals surface area contributed by atoms with Crippen molar-refractivity contribution < 1.29 is 8.42 Å². The molecule has 2 heterocycles. The van der Waals surface area contributed by atoms with Gasteiger partial charge in [-0.15, -0.1) is 21.5 Å². The van der Waals surface area contributed by atoms with Gasteiger partial charge in [0.1, 0.15) is 5.82 Å². The molecule has 1 unspecified atom stereocenters. The summed E-state index contributed by atoms with van der Waals surface area (Å²) in [4.78, 5) is 1.37. The SMILES string of the molecule is CCCn1c(C2CCCc3sccc32)nnc1S(N)(=O)=O. The van der Waals surface area contributed by atoms with Crippen LogP contribution in [0.5, 0.6) is 0 Å². The van der Waals surface area contributed by atoms with E-state index in [-0.39, 0.29) is 11.1 Å². The van der Waals surface area contributed by atoms with E-state index in [2.05, 4.69) is 21.6 Å². The third kappa shape index (κ3) is 2.63. The van der Waals surface area contributed by atoms with E-state index < -0.39 is 10.0 Å². The van der Waals surface area contributed by atoms with Crippen LogP contribution in [-0.4, -0.2) is 23.2 Å². The minimum absolute atomic E-state index is 0.120. The zero-order valence-corrected chi connectivity index (χ0v) is 13.5. The second-order valence-electron chi connectivity index (χ2n) is 5.28. The zero-order valence-electron chi connectivity index (χ0n) is 11.8. The first-order valence-electron chi connectivity index (χ1n) is 7.04. The highest BCUT2D eigenvalue weighted by Crippen LogP contribution is 2.38. The van der Waals surface area contributed by atoms with Crippen molar-refractivity contribution in [3.63, 3.8) is 0 Å². The van der Waals surface area contributed by atoms with E-state index in [9.17, 15) is 8.42 Å². The summed E-state index contributed by atoms with van der Waals surface area (Å²) >= 11 is 1.75. The average molecular weight is 326 g/mol. The molecule has 1 atom stereocenters. The second-order valence-corrected chi connectivity index (χ2v) is 7.74. The van der Waals surface area contributed by atoms with Crippen LogP contribution >= 0.6 is 11.3 Å². The van der Waals surface area contributed by atoms with Crippen molar-refractivity contribution in [2.75, 3.05) is 0 Å². The molecule has 0 saturated heterocycles. The van der Waals surface area contributed by atoms with Crippen molar-refractivity contribution in [1.29, 1.82) is 0 Å². The number of thiophene rings is 1.